The summed E-state index contributed by atoms with van der Waals surface area (Å²) in [6.07, 6.45) is 3.47. The van der Waals surface area contributed by atoms with Crippen LogP contribution in [0.2, 0.25) is 0 Å². The van der Waals surface area contributed by atoms with Crippen molar-refractivity contribution in [1.82, 2.24) is 19.6 Å². The summed E-state index contributed by atoms with van der Waals surface area (Å²) in [5.41, 5.74) is 1.41. The lowest BCUT2D eigenvalue weighted by molar-refractivity contribution is -0.127. The lowest BCUT2D eigenvalue weighted by Crippen LogP contribution is -2.24. The molecule has 1 fully saturated rings. The molecule has 0 unspecified atom stereocenters. The molecule has 0 spiro atoms. The normalized spacial score (nSPS) is 15.6. The van der Waals surface area contributed by atoms with Crippen molar-refractivity contribution in [2.24, 2.45) is 0 Å². The van der Waals surface area contributed by atoms with Gasteiger partial charge in [0.05, 0.1) is 25.2 Å². The average molecular weight is 405 g/mol. The van der Waals surface area contributed by atoms with Crippen LogP contribution in [0.25, 0.3) is 16.8 Å². The summed E-state index contributed by atoms with van der Waals surface area (Å²) < 4.78 is 46.3. The Bertz CT molecular complexity index is 995. The highest BCUT2D eigenvalue weighted by atomic mass is 19.4. The number of imidazole rings is 1. The number of alkyl halides is 3. The third kappa shape index (κ3) is 4.28. The van der Waals surface area contributed by atoms with E-state index < -0.39 is 12.6 Å². The van der Waals surface area contributed by atoms with Gasteiger partial charge in [0.25, 0.3) is 0 Å². The number of halogens is 3. The van der Waals surface area contributed by atoms with E-state index in [1.807, 2.05) is 0 Å². The summed E-state index contributed by atoms with van der Waals surface area (Å²) in [5, 5.41) is 12.0. The van der Waals surface area contributed by atoms with Crippen LogP contribution in [0.5, 0.6) is 5.75 Å². The molecule has 1 aromatic carbocycles. The van der Waals surface area contributed by atoms with E-state index in [4.69, 9.17) is 4.74 Å². The van der Waals surface area contributed by atoms with Crippen LogP contribution in [-0.4, -0.2) is 38.9 Å². The van der Waals surface area contributed by atoms with Crippen LogP contribution in [0.4, 0.5) is 19.1 Å². The Morgan fingerprint density at radius 2 is 1.97 bits per heavy atom. The van der Waals surface area contributed by atoms with Crippen LogP contribution in [0.1, 0.15) is 37.7 Å². The Kier molecular flexibility index (Phi) is 5.29. The number of rotatable bonds is 5. The Morgan fingerprint density at radius 3 is 2.69 bits per heavy atom. The number of hydrogen-bond acceptors (Lipinski definition) is 5. The Morgan fingerprint density at radius 1 is 1.17 bits per heavy atom. The zero-order valence-electron chi connectivity index (χ0n) is 16.0. The minimum Gasteiger partial charge on any atom is -0.497 e. The number of hydrogen-bond donors (Lipinski definition) is 1. The van der Waals surface area contributed by atoms with Gasteiger partial charge in [-0.2, -0.15) is 13.2 Å². The lowest BCUT2D eigenvalue weighted by Gasteiger charge is -2.23. The van der Waals surface area contributed by atoms with E-state index in [1.54, 1.807) is 29.1 Å². The van der Waals surface area contributed by atoms with E-state index in [2.05, 4.69) is 20.5 Å². The fraction of sp³-hybridized carbons (Fsp3) is 0.450. The van der Waals surface area contributed by atoms with Gasteiger partial charge in [0.15, 0.2) is 0 Å². The first-order valence-electron chi connectivity index (χ1n) is 9.64. The second-order valence-electron chi connectivity index (χ2n) is 7.32. The van der Waals surface area contributed by atoms with Crippen molar-refractivity contribution in [1.29, 1.82) is 0 Å². The highest BCUT2D eigenvalue weighted by molar-refractivity contribution is 5.79. The first kappa shape index (κ1) is 19.5. The van der Waals surface area contributed by atoms with Crippen molar-refractivity contribution in [3.05, 3.63) is 36.3 Å². The van der Waals surface area contributed by atoms with E-state index in [1.165, 1.54) is 32.4 Å². The van der Waals surface area contributed by atoms with Crippen LogP contribution >= 0.6 is 0 Å². The molecule has 1 aliphatic carbocycles. The predicted molar refractivity (Wildman–Crippen MR) is 103 cm³/mol. The minimum absolute atomic E-state index is 0.0854. The van der Waals surface area contributed by atoms with Crippen molar-refractivity contribution in [3.63, 3.8) is 0 Å². The SMILES string of the molecule is COc1ccc(-c2nnc(NC3CCCCC3)n3cncc23)c(CC(F)(F)F)c1. The average Bonchev–Trinajstić information content (AvgIpc) is 3.18. The predicted octanol–water partition coefficient (Wildman–Crippen LogP) is 4.65. The molecule has 9 heteroatoms. The summed E-state index contributed by atoms with van der Waals surface area (Å²) >= 11 is 0. The van der Waals surface area contributed by atoms with Crippen LogP contribution in [0, 0.1) is 0 Å². The molecule has 0 aliphatic heterocycles. The van der Waals surface area contributed by atoms with Gasteiger partial charge in [-0.15, -0.1) is 10.2 Å². The molecule has 0 saturated heterocycles. The van der Waals surface area contributed by atoms with E-state index in [0.29, 0.717) is 34.5 Å². The minimum atomic E-state index is -4.35. The maximum absolute atomic E-state index is 13.1. The molecule has 1 aliphatic rings. The van der Waals surface area contributed by atoms with Gasteiger partial charge in [-0.25, -0.2) is 4.98 Å². The number of aromatic nitrogens is 4. The zero-order chi connectivity index (χ0) is 20.4. The zero-order valence-corrected chi connectivity index (χ0v) is 16.0. The van der Waals surface area contributed by atoms with E-state index in [9.17, 15) is 13.2 Å². The molecule has 1 saturated carbocycles. The standard InChI is InChI=1S/C20H22F3N5O/c1-29-15-7-8-16(13(9-15)10-20(21,22)23)18-17-11-24-12-28(17)19(27-26-18)25-14-5-3-2-4-6-14/h7-9,11-12,14H,2-6,10H2,1H3,(H,25,27). The summed E-state index contributed by atoms with van der Waals surface area (Å²) in [6, 6.07) is 4.92. The number of nitrogens with one attached hydrogen (secondary N) is 1. The lowest BCUT2D eigenvalue weighted by atomic mass is 9.96. The van der Waals surface area contributed by atoms with Crippen molar-refractivity contribution in [3.8, 4) is 17.0 Å². The number of fused-ring (bicyclic) bond motifs is 1. The van der Waals surface area contributed by atoms with Crippen LogP contribution in [-0.2, 0) is 6.42 Å². The molecule has 29 heavy (non-hydrogen) atoms. The molecule has 1 N–H and O–H groups in total. The topological polar surface area (TPSA) is 64.3 Å². The molecule has 2 heterocycles. The van der Waals surface area contributed by atoms with Gasteiger partial charge >= 0.3 is 6.18 Å². The van der Waals surface area contributed by atoms with Crippen molar-refractivity contribution < 1.29 is 17.9 Å². The van der Waals surface area contributed by atoms with Gasteiger partial charge in [0, 0.05) is 11.6 Å². The van der Waals surface area contributed by atoms with E-state index in [-0.39, 0.29) is 5.56 Å². The monoisotopic (exact) mass is 405 g/mol. The largest absolute Gasteiger partial charge is 0.497 e. The van der Waals surface area contributed by atoms with Crippen molar-refractivity contribution in [2.45, 2.75) is 50.7 Å². The molecule has 0 amide bonds. The number of nitrogens with zero attached hydrogens (tertiary/aromatic N) is 4. The highest BCUT2D eigenvalue weighted by Crippen LogP contribution is 2.34. The third-order valence-electron chi connectivity index (χ3n) is 5.25. The first-order chi connectivity index (χ1) is 13.9. The number of methoxy groups -OCH3 is 1. The molecule has 4 rings (SSSR count). The van der Waals surface area contributed by atoms with Gasteiger partial charge in [-0.1, -0.05) is 19.3 Å². The maximum atomic E-state index is 13.1. The molecular weight excluding hydrogens is 383 g/mol. The van der Waals surface area contributed by atoms with Gasteiger partial charge in [0.1, 0.15) is 17.8 Å². The maximum Gasteiger partial charge on any atom is 0.393 e. The number of anilines is 1. The van der Waals surface area contributed by atoms with Crippen LogP contribution in [0.3, 0.4) is 0 Å². The van der Waals surface area contributed by atoms with Gasteiger partial charge in [-0.05, 0) is 36.6 Å². The Balaban J connectivity index is 1.75. The molecule has 0 atom stereocenters. The second kappa shape index (κ2) is 7.88. The van der Waals surface area contributed by atoms with Gasteiger partial charge < -0.3 is 10.1 Å². The summed E-state index contributed by atoms with van der Waals surface area (Å²) in [6.45, 7) is 0. The van der Waals surface area contributed by atoms with Crippen LogP contribution in [0.15, 0.2) is 30.7 Å². The molecule has 154 valence electrons. The molecule has 0 radical (unpaired) electrons. The molecule has 2 aromatic heterocycles. The highest BCUT2D eigenvalue weighted by Gasteiger charge is 2.30. The smallest absolute Gasteiger partial charge is 0.393 e. The summed E-state index contributed by atoms with van der Waals surface area (Å²) in [4.78, 5) is 4.18. The third-order valence-corrected chi connectivity index (χ3v) is 5.25. The van der Waals surface area contributed by atoms with E-state index in [0.717, 1.165) is 12.8 Å². The molecule has 0 bridgehead atoms. The van der Waals surface area contributed by atoms with Gasteiger partial charge in [-0.3, -0.25) is 4.40 Å². The second-order valence-corrected chi connectivity index (χ2v) is 7.32. The molecule has 6 nitrogen and oxygen atoms in total. The Labute approximate surface area is 166 Å². The number of ether oxygens (including phenoxy) is 1. The molecule has 3 aromatic rings. The van der Waals surface area contributed by atoms with Crippen molar-refractivity contribution >= 4 is 11.5 Å². The van der Waals surface area contributed by atoms with Gasteiger partial charge in [0.2, 0.25) is 5.95 Å². The quantitative estimate of drug-likeness (QED) is 0.670. The summed E-state index contributed by atoms with van der Waals surface area (Å²) in [7, 11) is 1.42. The Hall–Kier alpha value is -2.84. The fourth-order valence-corrected chi connectivity index (χ4v) is 3.85. The van der Waals surface area contributed by atoms with E-state index >= 15 is 0 Å². The van der Waals surface area contributed by atoms with Crippen molar-refractivity contribution in [2.75, 3.05) is 12.4 Å². The fourth-order valence-electron chi connectivity index (χ4n) is 3.85. The number of benzene rings is 1. The van der Waals surface area contributed by atoms with Crippen LogP contribution < -0.4 is 10.1 Å². The summed E-state index contributed by atoms with van der Waals surface area (Å²) in [5.74, 6) is 0.917. The first-order valence-corrected chi connectivity index (χ1v) is 9.64. The molecular formula is C20H22F3N5O.